The van der Waals surface area contributed by atoms with Crippen LogP contribution in [0.4, 0.5) is 16.3 Å². The number of pyridine rings is 1. The monoisotopic (exact) mass is 322 g/mol. The van der Waals surface area contributed by atoms with Crippen molar-refractivity contribution in [2.45, 2.75) is 32.8 Å². The number of ether oxygens (including phenoxy) is 1. The lowest BCUT2D eigenvalue weighted by molar-refractivity contribution is -0.385. The zero-order valence-electron chi connectivity index (χ0n) is 13.6. The minimum atomic E-state index is -0.490. The average Bonchev–Trinajstić information content (AvgIpc) is 2.93. The molecule has 0 bridgehead atoms. The Labute approximate surface area is 135 Å². The number of rotatable bonds is 4. The molecule has 1 aromatic heterocycles. The number of aromatic nitrogens is 1. The van der Waals surface area contributed by atoms with Gasteiger partial charge in [-0.25, -0.2) is 9.78 Å². The summed E-state index contributed by atoms with van der Waals surface area (Å²) in [6.07, 6.45) is 1.83. The molecule has 1 amide bonds. The van der Waals surface area contributed by atoms with Crippen molar-refractivity contribution in [3.63, 3.8) is 0 Å². The van der Waals surface area contributed by atoms with Gasteiger partial charge in [-0.2, -0.15) is 0 Å². The predicted molar refractivity (Wildman–Crippen MR) is 85.3 cm³/mol. The molecule has 0 spiro atoms. The van der Waals surface area contributed by atoms with E-state index in [1.54, 1.807) is 11.0 Å². The standard InChI is InChI=1S/C15H22N4O4/c1-15(2,3)23-14(20)18-7-6-11(10-18)8-16-13-5-4-12(9-17-13)19(21)22/h4-5,9,11H,6-8,10H2,1-3H3,(H,16,17)/t11-/m1/s1. The van der Waals surface area contributed by atoms with Gasteiger partial charge in [0.25, 0.3) is 5.69 Å². The molecule has 1 saturated heterocycles. The Kier molecular flexibility index (Phi) is 5.02. The van der Waals surface area contributed by atoms with E-state index in [0.29, 0.717) is 31.4 Å². The van der Waals surface area contributed by atoms with Crippen LogP contribution in [0.25, 0.3) is 0 Å². The average molecular weight is 322 g/mol. The van der Waals surface area contributed by atoms with Crippen LogP contribution < -0.4 is 5.32 Å². The number of nitrogens with zero attached hydrogens (tertiary/aromatic N) is 3. The minimum Gasteiger partial charge on any atom is -0.444 e. The third-order valence-electron chi connectivity index (χ3n) is 3.47. The van der Waals surface area contributed by atoms with Crippen molar-refractivity contribution in [3.05, 3.63) is 28.4 Å². The van der Waals surface area contributed by atoms with E-state index in [1.807, 2.05) is 20.8 Å². The summed E-state index contributed by atoms with van der Waals surface area (Å²) in [6, 6.07) is 3.00. The van der Waals surface area contributed by atoms with Crippen LogP contribution in [0, 0.1) is 16.0 Å². The van der Waals surface area contributed by atoms with Crippen molar-refractivity contribution in [2.75, 3.05) is 25.0 Å². The molecule has 0 radical (unpaired) electrons. The fourth-order valence-electron chi connectivity index (χ4n) is 2.34. The van der Waals surface area contributed by atoms with Gasteiger partial charge in [0.15, 0.2) is 0 Å². The molecule has 2 heterocycles. The summed E-state index contributed by atoms with van der Waals surface area (Å²) in [4.78, 5) is 27.8. The normalized spacial score (nSPS) is 17.9. The highest BCUT2D eigenvalue weighted by Gasteiger charge is 2.29. The van der Waals surface area contributed by atoms with Gasteiger partial charge in [0.05, 0.1) is 4.92 Å². The molecule has 23 heavy (non-hydrogen) atoms. The number of carbonyl (C=O) groups is 1. The topological polar surface area (TPSA) is 97.6 Å². The zero-order chi connectivity index (χ0) is 17.0. The number of nitrogens with one attached hydrogen (secondary N) is 1. The Bertz CT molecular complexity index is 568. The first-order valence-corrected chi connectivity index (χ1v) is 7.57. The van der Waals surface area contributed by atoms with Gasteiger partial charge in [-0.1, -0.05) is 0 Å². The van der Waals surface area contributed by atoms with E-state index >= 15 is 0 Å². The van der Waals surface area contributed by atoms with E-state index in [9.17, 15) is 14.9 Å². The Morgan fingerprint density at radius 3 is 2.83 bits per heavy atom. The van der Waals surface area contributed by atoms with Gasteiger partial charge in [-0.15, -0.1) is 0 Å². The molecular formula is C15H22N4O4. The van der Waals surface area contributed by atoms with Crippen LogP contribution in [0.1, 0.15) is 27.2 Å². The van der Waals surface area contributed by atoms with Crippen LogP contribution in [0.5, 0.6) is 0 Å². The first-order chi connectivity index (χ1) is 10.7. The lowest BCUT2D eigenvalue weighted by Gasteiger charge is -2.24. The second-order valence-corrected chi connectivity index (χ2v) is 6.62. The summed E-state index contributed by atoms with van der Waals surface area (Å²) in [5.41, 5.74) is -0.525. The number of anilines is 1. The molecule has 1 N–H and O–H groups in total. The van der Waals surface area contributed by atoms with Crippen molar-refractivity contribution in [2.24, 2.45) is 5.92 Å². The fourth-order valence-corrected chi connectivity index (χ4v) is 2.34. The molecule has 8 heteroatoms. The van der Waals surface area contributed by atoms with Crippen LogP contribution in [0.3, 0.4) is 0 Å². The second-order valence-electron chi connectivity index (χ2n) is 6.62. The molecule has 1 aliphatic heterocycles. The Balaban J connectivity index is 1.79. The van der Waals surface area contributed by atoms with Crippen LogP contribution in [-0.4, -0.2) is 46.1 Å². The van der Waals surface area contributed by atoms with E-state index in [-0.39, 0.29) is 11.8 Å². The molecule has 1 atom stereocenters. The van der Waals surface area contributed by atoms with Crippen LogP contribution in [0.2, 0.25) is 0 Å². The van der Waals surface area contributed by atoms with Gasteiger partial charge in [0.2, 0.25) is 0 Å². The Morgan fingerprint density at radius 1 is 1.52 bits per heavy atom. The van der Waals surface area contributed by atoms with Crippen LogP contribution in [-0.2, 0) is 4.74 Å². The lowest BCUT2D eigenvalue weighted by Crippen LogP contribution is -2.35. The number of amides is 1. The summed E-state index contributed by atoms with van der Waals surface area (Å²) in [5, 5.41) is 13.7. The van der Waals surface area contributed by atoms with Crippen molar-refractivity contribution < 1.29 is 14.5 Å². The molecule has 0 saturated carbocycles. The SMILES string of the molecule is CC(C)(C)OC(=O)N1CC[C@H](CNc2ccc([N+](=O)[O-])cn2)C1. The summed E-state index contributed by atoms with van der Waals surface area (Å²) in [6.45, 7) is 7.51. The Hall–Kier alpha value is -2.38. The minimum absolute atomic E-state index is 0.0347. The first-order valence-electron chi connectivity index (χ1n) is 7.57. The fraction of sp³-hybridized carbons (Fsp3) is 0.600. The van der Waals surface area contributed by atoms with Crippen molar-refractivity contribution in [3.8, 4) is 0 Å². The van der Waals surface area contributed by atoms with Gasteiger partial charge in [0.1, 0.15) is 17.6 Å². The molecular weight excluding hydrogens is 300 g/mol. The molecule has 1 aromatic rings. The maximum atomic E-state index is 12.0. The van der Waals surface area contributed by atoms with E-state index < -0.39 is 10.5 Å². The number of carbonyl (C=O) groups excluding carboxylic acids is 1. The van der Waals surface area contributed by atoms with Gasteiger partial charge in [-0.05, 0) is 39.2 Å². The summed E-state index contributed by atoms with van der Waals surface area (Å²) >= 11 is 0. The van der Waals surface area contributed by atoms with E-state index in [0.717, 1.165) is 6.42 Å². The quantitative estimate of drug-likeness (QED) is 0.676. The van der Waals surface area contributed by atoms with Crippen molar-refractivity contribution in [1.82, 2.24) is 9.88 Å². The molecule has 126 valence electrons. The molecule has 0 aliphatic carbocycles. The number of likely N-dealkylation sites (tertiary alicyclic amines) is 1. The predicted octanol–water partition coefficient (Wildman–Crippen LogP) is 2.66. The van der Waals surface area contributed by atoms with Gasteiger partial charge < -0.3 is 15.0 Å². The third kappa shape index (κ3) is 5.08. The van der Waals surface area contributed by atoms with Crippen LogP contribution >= 0.6 is 0 Å². The molecule has 1 fully saturated rings. The highest BCUT2D eigenvalue weighted by molar-refractivity contribution is 5.68. The first kappa shape index (κ1) is 17.0. The summed E-state index contributed by atoms with van der Waals surface area (Å²) in [5.74, 6) is 0.894. The highest BCUT2D eigenvalue weighted by Crippen LogP contribution is 2.20. The number of hydrogen-bond donors (Lipinski definition) is 1. The van der Waals surface area contributed by atoms with Gasteiger partial charge >= 0.3 is 6.09 Å². The maximum Gasteiger partial charge on any atom is 0.410 e. The molecule has 0 aromatic carbocycles. The maximum absolute atomic E-state index is 12.0. The third-order valence-corrected chi connectivity index (χ3v) is 3.47. The number of hydrogen-bond acceptors (Lipinski definition) is 6. The zero-order valence-corrected chi connectivity index (χ0v) is 13.6. The summed E-state index contributed by atoms with van der Waals surface area (Å²) < 4.78 is 5.36. The van der Waals surface area contributed by atoms with Gasteiger partial charge in [-0.3, -0.25) is 10.1 Å². The molecule has 1 aliphatic rings. The smallest absolute Gasteiger partial charge is 0.410 e. The summed E-state index contributed by atoms with van der Waals surface area (Å²) in [7, 11) is 0. The lowest BCUT2D eigenvalue weighted by atomic mass is 10.1. The van der Waals surface area contributed by atoms with Crippen molar-refractivity contribution >= 4 is 17.6 Å². The van der Waals surface area contributed by atoms with Crippen LogP contribution in [0.15, 0.2) is 18.3 Å². The molecule has 0 unspecified atom stereocenters. The highest BCUT2D eigenvalue weighted by atomic mass is 16.6. The molecule has 8 nitrogen and oxygen atoms in total. The Morgan fingerprint density at radius 2 is 2.26 bits per heavy atom. The molecule has 2 rings (SSSR count). The van der Waals surface area contributed by atoms with E-state index in [2.05, 4.69) is 10.3 Å². The second kappa shape index (κ2) is 6.80. The van der Waals surface area contributed by atoms with Crippen molar-refractivity contribution in [1.29, 1.82) is 0 Å². The van der Waals surface area contributed by atoms with E-state index in [1.165, 1.54) is 12.3 Å². The van der Waals surface area contributed by atoms with Gasteiger partial charge in [0, 0.05) is 25.7 Å². The number of nitro groups is 1. The van der Waals surface area contributed by atoms with E-state index in [4.69, 9.17) is 4.74 Å². The largest absolute Gasteiger partial charge is 0.444 e.